The Balaban J connectivity index is 1.82. The minimum Gasteiger partial charge on any atom is -0.330 e. The van der Waals surface area contributed by atoms with Gasteiger partial charge >= 0.3 is 0 Å². The van der Waals surface area contributed by atoms with Crippen molar-refractivity contribution in [3.05, 3.63) is 35.7 Å². The van der Waals surface area contributed by atoms with E-state index in [-0.39, 0.29) is 0 Å². The first kappa shape index (κ1) is 10.6. The van der Waals surface area contributed by atoms with Gasteiger partial charge < -0.3 is 4.57 Å². The molecule has 0 atom stereocenters. The third-order valence-corrected chi connectivity index (χ3v) is 3.47. The van der Waals surface area contributed by atoms with E-state index in [1.807, 2.05) is 17.2 Å². The summed E-state index contributed by atoms with van der Waals surface area (Å²) in [6, 6.07) is 0. The van der Waals surface area contributed by atoms with Gasteiger partial charge in [-0.2, -0.15) is 5.10 Å². The quantitative estimate of drug-likeness (QED) is 0.808. The lowest BCUT2D eigenvalue weighted by atomic mass is 10.0. The van der Waals surface area contributed by atoms with Crippen molar-refractivity contribution in [3.8, 4) is 0 Å². The van der Waals surface area contributed by atoms with Crippen LogP contribution in [0.15, 0.2) is 18.7 Å². The topological polar surface area (TPSA) is 35.6 Å². The van der Waals surface area contributed by atoms with Crippen molar-refractivity contribution in [2.75, 3.05) is 0 Å². The molecule has 4 nitrogen and oxygen atoms in total. The van der Waals surface area contributed by atoms with E-state index >= 15 is 0 Å². The van der Waals surface area contributed by atoms with Crippen LogP contribution in [0.5, 0.6) is 0 Å². The van der Waals surface area contributed by atoms with Crippen LogP contribution in [-0.2, 0) is 25.9 Å². The summed E-state index contributed by atoms with van der Waals surface area (Å²) in [5.41, 5.74) is 4.00. The van der Waals surface area contributed by atoms with Crippen LogP contribution in [0.4, 0.5) is 0 Å². The van der Waals surface area contributed by atoms with E-state index in [4.69, 9.17) is 0 Å². The van der Waals surface area contributed by atoms with E-state index in [0.29, 0.717) is 0 Å². The van der Waals surface area contributed by atoms with Crippen LogP contribution in [0, 0.1) is 0 Å². The molecule has 2 heterocycles. The Morgan fingerprint density at radius 1 is 1.29 bits per heavy atom. The lowest BCUT2D eigenvalue weighted by Gasteiger charge is -2.13. The molecule has 2 aromatic rings. The summed E-state index contributed by atoms with van der Waals surface area (Å²) in [6.45, 7) is 3.94. The van der Waals surface area contributed by atoms with Gasteiger partial charge in [-0.15, -0.1) is 0 Å². The highest BCUT2D eigenvalue weighted by molar-refractivity contribution is 5.18. The molecule has 17 heavy (non-hydrogen) atoms. The molecule has 1 aliphatic carbocycles. The Morgan fingerprint density at radius 3 is 3.00 bits per heavy atom. The second kappa shape index (κ2) is 4.35. The van der Waals surface area contributed by atoms with Gasteiger partial charge in [0.1, 0.15) is 0 Å². The predicted molar refractivity (Wildman–Crippen MR) is 65.9 cm³/mol. The lowest BCUT2D eigenvalue weighted by molar-refractivity contribution is 0.627. The number of rotatable bonds is 3. The monoisotopic (exact) mass is 230 g/mol. The Labute approximate surface area is 101 Å². The van der Waals surface area contributed by atoms with Crippen molar-refractivity contribution >= 4 is 0 Å². The fourth-order valence-corrected chi connectivity index (χ4v) is 2.52. The maximum Gasteiger partial charge on any atom is 0.0954 e. The third kappa shape index (κ3) is 1.99. The van der Waals surface area contributed by atoms with Crippen molar-refractivity contribution < 1.29 is 0 Å². The van der Waals surface area contributed by atoms with Gasteiger partial charge in [0.05, 0.1) is 24.8 Å². The number of hydrogen-bond donors (Lipinski definition) is 0. The molecular weight excluding hydrogens is 212 g/mol. The fourth-order valence-electron chi connectivity index (χ4n) is 2.52. The van der Waals surface area contributed by atoms with Crippen LogP contribution >= 0.6 is 0 Å². The third-order valence-electron chi connectivity index (χ3n) is 3.47. The molecule has 0 radical (unpaired) electrons. The summed E-state index contributed by atoms with van der Waals surface area (Å²) in [5.74, 6) is 0. The number of aryl methyl sites for hydroxylation is 2. The van der Waals surface area contributed by atoms with Gasteiger partial charge in [0.25, 0.3) is 0 Å². The fraction of sp³-hybridized carbons (Fsp3) is 0.538. The van der Waals surface area contributed by atoms with Gasteiger partial charge in [-0.1, -0.05) is 0 Å². The molecule has 0 unspecified atom stereocenters. The van der Waals surface area contributed by atoms with Crippen LogP contribution in [-0.4, -0.2) is 19.3 Å². The number of aromatic nitrogens is 4. The predicted octanol–water partition coefficient (Wildman–Crippen LogP) is 2.03. The van der Waals surface area contributed by atoms with Gasteiger partial charge in [-0.05, 0) is 32.6 Å². The summed E-state index contributed by atoms with van der Waals surface area (Å²) in [5, 5.41) is 4.31. The van der Waals surface area contributed by atoms with Crippen molar-refractivity contribution in [2.45, 2.75) is 45.7 Å². The Morgan fingerprint density at radius 2 is 2.18 bits per heavy atom. The summed E-state index contributed by atoms with van der Waals surface area (Å²) < 4.78 is 4.25. The first-order valence-corrected chi connectivity index (χ1v) is 6.41. The number of hydrogen-bond acceptors (Lipinski definition) is 2. The second-order valence-corrected chi connectivity index (χ2v) is 4.68. The average molecular weight is 230 g/mol. The molecule has 0 aromatic carbocycles. The number of imidazole rings is 1. The summed E-state index contributed by atoms with van der Waals surface area (Å²) in [7, 11) is 0. The molecule has 0 saturated heterocycles. The molecule has 4 heteroatoms. The van der Waals surface area contributed by atoms with Crippen molar-refractivity contribution in [2.24, 2.45) is 0 Å². The van der Waals surface area contributed by atoms with E-state index in [2.05, 4.69) is 27.8 Å². The van der Waals surface area contributed by atoms with Crippen LogP contribution in [0.25, 0.3) is 0 Å². The number of nitrogens with zero attached hydrogens (tertiary/aromatic N) is 4. The minimum atomic E-state index is 0.905. The second-order valence-electron chi connectivity index (χ2n) is 4.68. The molecule has 0 bridgehead atoms. The van der Waals surface area contributed by atoms with E-state index in [9.17, 15) is 0 Å². The van der Waals surface area contributed by atoms with Gasteiger partial charge in [0.2, 0.25) is 0 Å². The van der Waals surface area contributed by atoms with Gasteiger partial charge in [0, 0.05) is 24.0 Å². The normalized spacial score (nSPS) is 14.9. The van der Waals surface area contributed by atoms with E-state index in [1.165, 1.54) is 36.2 Å². The van der Waals surface area contributed by atoms with E-state index < -0.39 is 0 Å². The standard InChI is InChI=1S/C13H18N4/c1-2-17-9-11(7-15-17)8-16-10-14-12-5-3-4-6-13(12)16/h7,9-10H,2-6,8H2,1H3. The number of fused-ring (bicyclic) bond motifs is 1. The molecular formula is C13H18N4. The molecule has 0 amide bonds. The Kier molecular flexibility index (Phi) is 2.71. The zero-order valence-corrected chi connectivity index (χ0v) is 10.3. The summed E-state index contributed by atoms with van der Waals surface area (Å²) >= 11 is 0. The summed E-state index contributed by atoms with van der Waals surface area (Å²) in [6.07, 6.45) is 11.0. The molecule has 3 rings (SSSR count). The van der Waals surface area contributed by atoms with Gasteiger partial charge in [0.15, 0.2) is 0 Å². The van der Waals surface area contributed by atoms with Crippen molar-refractivity contribution in [1.82, 2.24) is 19.3 Å². The van der Waals surface area contributed by atoms with E-state index in [1.54, 1.807) is 0 Å². The maximum absolute atomic E-state index is 4.52. The molecule has 90 valence electrons. The van der Waals surface area contributed by atoms with Crippen molar-refractivity contribution in [1.29, 1.82) is 0 Å². The average Bonchev–Trinajstić information content (AvgIpc) is 2.97. The Bertz CT molecular complexity index is 509. The van der Waals surface area contributed by atoms with Crippen LogP contribution in [0.2, 0.25) is 0 Å². The molecule has 1 aliphatic rings. The highest BCUT2D eigenvalue weighted by atomic mass is 15.3. The maximum atomic E-state index is 4.52. The first-order valence-electron chi connectivity index (χ1n) is 6.41. The highest BCUT2D eigenvalue weighted by Gasteiger charge is 2.15. The molecule has 0 N–H and O–H groups in total. The smallest absolute Gasteiger partial charge is 0.0954 e. The van der Waals surface area contributed by atoms with Crippen LogP contribution in [0.1, 0.15) is 36.7 Å². The molecule has 2 aromatic heterocycles. The SMILES string of the molecule is CCn1cc(Cn2cnc3c2CCCC3)cn1. The summed E-state index contributed by atoms with van der Waals surface area (Å²) in [4.78, 5) is 4.52. The van der Waals surface area contributed by atoms with E-state index in [0.717, 1.165) is 19.5 Å². The van der Waals surface area contributed by atoms with Gasteiger partial charge in [-0.3, -0.25) is 4.68 Å². The molecule has 0 fully saturated rings. The minimum absolute atomic E-state index is 0.905. The highest BCUT2D eigenvalue weighted by Crippen LogP contribution is 2.20. The zero-order valence-electron chi connectivity index (χ0n) is 10.3. The van der Waals surface area contributed by atoms with Gasteiger partial charge in [-0.25, -0.2) is 4.98 Å². The van der Waals surface area contributed by atoms with Crippen molar-refractivity contribution in [3.63, 3.8) is 0 Å². The Hall–Kier alpha value is -1.58. The first-order chi connectivity index (χ1) is 8.36. The molecule has 0 spiro atoms. The molecule has 0 saturated carbocycles. The zero-order chi connectivity index (χ0) is 11.7. The molecule has 0 aliphatic heterocycles. The lowest BCUT2D eigenvalue weighted by Crippen LogP contribution is -2.08. The van der Waals surface area contributed by atoms with Crippen LogP contribution in [0.3, 0.4) is 0 Å². The largest absolute Gasteiger partial charge is 0.330 e. The van der Waals surface area contributed by atoms with Crippen LogP contribution < -0.4 is 0 Å².